The van der Waals surface area contributed by atoms with E-state index in [1.807, 2.05) is 0 Å². The minimum Gasteiger partial charge on any atom is -0.497 e. The summed E-state index contributed by atoms with van der Waals surface area (Å²) < 4.78 is 10.3. The van der Waals surface area contributed by atoms with Gasteiger partial charge in [-0.05, 0) is 41.8 Å². The minimum absolute atomic E-state index is 0.279. The summed E-state index contributed by atoms with van der Waals surface area (Å²) in [6.45, 7) is 3.73. The largest absolute Gasteiger partial charge is 0.497 e. The monoisotopic (exact) mass is 312 g/mol. The fourth-order valence-electron chi connectivity index (χ4n) is 2.70. The van der Waals surface area contributed by atoms with E-state index < -0.39 is 11.4 Å². The fourth-order valence-corrected chi connectivity index (χ4v) is 2.70. The Morgan fingerprint density at radius 3 is 1.65 bits per heavy atom. The van der Waals surface area contributed by atoms with Crippen molar-refractivity contribution in [1.82, 2.24) is 0 Å². The van der Waals surface area contributed by atoms with Crippen LogP contribution in [0.15, 0.2) is 61.2 Å². The maximum Gasteiger partial charge on any atom is 0.318 e. The average Bonchev–Trinajstić information content (AvgIpc) is 2.59. The van der Waals surface area contributed by atoms with E-state index in [2.05, 4.69) is 6.58 Å². The molecule has 120 valence electrons. The molecule has 0 aliphatic carbocycles. The van der Waals surface area contributed by atoms with E-state index in [0.29, 0.717) is 22.6 Å². The maximum absolute atomic E-state index is 12.2. The normalized spacial score (nSPS) is 10.9. The molecule has 0 aromatic heterocycles. The Kier molecular flexibility index (Phi) is 5.06. The summed E-state index contributed by atoms with van der Waals surface area (Å²) in [6, 6.07) is 14.2. The van der Waals surface area contributed by atoms with Gasteiger partial charge in [0.25, 0.3) is 0 Å². The van der Waals surface area contributed by atoms with Crippen molar-refractivity contribution in [2.24, 2.45) is 0 Å². The number of aliphatic carboxylic acids is 1. The lowest BCUT2D eigenvalue weighted by Gasteiger charge is -2.30. The molecule has 0 fully saturated rings. The molecule has 0 saturated heterocycles. The zero-order chi connectivity index (χ0) is 16.9. The Morgan fingerprint density at radius 1 is 1.00 bits per heavy atom. The zero-order valence-corrected chi connectivity index (χ0v) is 13.3. The van der Waals surface area contributed by atoms with Gasteiger partial charge in [-0.15, -0.1) is 6.58 Å². The van der Waals surface area contributed by atoms with Crippen LogP contribution >= 0.6 is 0 Å². The van der Waals surface area contributed by atoms with E-state index in [0.717, 1.165) is 0 Å². The number of rotatable bonds is 7. The highest BCUT2D eigenvalue weighted by Gasteiger charge is 2.41. The quantitative estimate of drug-likeness (QED) is 0.793. The summed E-state index contributed by atoms with van der Waals surface area (Å²) >= 11 is 0. The summed E-state index contributed by atoms with van der Waals surface area (Å²) in [6.07, 6.45) is 1.91. The van der Waals surface area contributed by atoms with Crippen LogP contribution in [-0.2, 0) is 10.2 Å². The van der Waals surface area contributed by atoms with E-state index >= 15 is 0 Å². The first-order valence-electron chi connectivity index (χ1n) is 7.22. The molecule has 0 aliphatic heterocycles. The third-order valence-electron chi connectivity index (χ3n) is 3.98. The molecule has 0 unspecified atom stereocenters. The predicted molar refractivity (Wildman–Crippen MR) is 89.2 cm³/mol. The molecule has 0 amide bonds. The van der Waals surface area contributed by atoms with Crippen molar-refractivity contribution in [3.63, 3.8) is 0 Å². The van der Waals surface area contributed by atoms with Gasteiger partial charge in [0.1, 0.15) is 16.9 Å². The van der Waals surface area contributed by atoms with Crippen molar-refractivity contribution in [3.05, 3.63) is 72.3 Å². The van der Waals surface area contributed by atoms with Crippen molar-refractivity contribution >= 4 is 5.97 Å². The lowest BCUT2D eigenvalue weighted by Crippen LogP contribution is -2.36. The second kappa shape index (κ2) is 7.01. The van der Waals surface area contributed by atoms with Gasteiger partial charge < -0.3 is 14.6 Å². The summed E-state index contributed by atoms with van der Waals surface area (Å²) in [5.41, 5.74) is 0.159. The van der Waals surface area contributed by atoms with Crippen LogP contribution in [0, 0.1) is 0 Å². The first kappa shape index (κ1) is 16.6. The van der Waals surface area contributed by atoms with Crippen LogP contribution in [0.4, 0.5) is 0 Å². The zero-order valence-electron chi connectivity index (χ0n) is 13.3. The standard InChI is InChI=1S/C19H20O4/c1-4-13-19(18(20)21,14-5-9-16(22-2)10-6-14)15-7-11-17(23-3)12-8-15/h4-12H,1,13H2,2-3H3,(H,20,21). The molecule has 2 aromatic carbocycles. The van der Waals surface area contributed by atoms with Crippen LogP contribution in [0.2, 0.25) is 0 Å². The Labute approximate surface area is 136 Å². The summed E-state index contributed by atoms with van der Waals surface area (Å²) in [7, 11) is 3.15. The van der Waals surface area contributed by atoms with Gasteiger partial charge in [0, 0.05) is 0 Å². The molecule has 0 heterocycles. The number of ether oxygens (including phenoxy) is 2. The summed E-state index contributed by atoms with van der Waals surface area (Å²) in [5, 5.41) is 10.0. The first-order valence-corrected chi connectivity index (χ1v) is 7.22. The Balaban J connectivity index is 2.61. The number of carboxylic acids is 1. The molecule has 4 nitrogen and oxygen atoms in total. The molecule has 0 spiro atoms. The number of carboxylic acid groups (broad SMARTS) is 1. The molecule has 0 radical (unpaired) electrons. The van der Waals surface area contributed by atoms with Gasteiger partial charge in [-0.3, -0.25) is 4.79 Å². The number of carbonyl (C=O) groups is 1. The van der Waals surface area contributed by atoms with E-state index in [1.54, 1.807) is 68.8 Å². The predicted octanol–water partition coefficient (Wildman–Crippen LogP) is 3.65. The maximum atomic E-state index is 12.2. The molecule has 2 rings (SSSR count). The highest BCUT2D eigenvalue weighted by molar-refractivity contribution is 5.86. The molecular weight excluding hydrogens is 292 g/mol. The van der Waals surface area contributed by atoms with Crippen LogP contribution in [-0.4, -0.2) is 25.3 Å². The number of benzene rings is 2. The average molecular weight is 312 g/mol. The van der Waals surface area contributed by atoms with Crippen molar-refractivity contribution in [1.29, 1.82) is 0 Å². The second-order valence-electron chi connectivity index (χ2n) is 5.16. The lowest BCUT2D eigenvalue weighted by atomic mass is 9.72. The van der Waals surface area contributed by atoms with Crippen LogP contribution in [0.3, 0.4) is 0 Å². The number of allylic oxidation sites excluding steroid dienone is 1. The highest BCUT2D eigenvalue weighted by Crippen LogP contribution is 2.38. The van der Waals surface area contributed by atoms with Crippen molar-refractivity contribution in [3.8, 4) is 11.5 Å². The van der Waals surface area contributed by atoms with Crippen LogP contribution in [0.1, 0.15) is 17.5 Å². The van der Waals surface area contributed by atoms with Crippen LogP contribution in [0.25, 0.3) is 0 Å². The van der Waals surface area contributed by atoms with E-state index in [1.165, 1.54) is 0 Å². The van der Waals surface area contributed by atoms with Crippen molar-refractivity contribution in [2.75, 3.05) is 14.2 Å². The smallest absolute Gasteiger partial charge is 0.318 e. The van der Waals surface area contributed by atoms with E-state index in [4.69, 9.17) is 9.47 Å². The number of hydrogen-bond donors (Lipinski definition) is 1. The van der Waals surface area contributed by atoms with E-state index in [9.17, 15) is 9.90 Å². The van der Waals surface area contributed by atoms with Gasteiger partial charge >= 0.3 is 5.97 Å². The number of hydrogen-bond acceptors (Lipinski definition) is 3. The Hall–Kier alpha value is -2.75. The highest BCUT2D eigenvalue weighted by atomic mass is 16.5. The second-order valence-corrected chi connectivity index (χ2v) is 5.16. The molecule has 1 N–H and O–H groups in total. The molecule has 23 heavy (non-hydrogen) atoms. The molecule has 4 heteroatoms. The summed E-state index contributed by atoms with van der Waals surface area (Å²) in [4.78, 5) is 12.2. The van der Waals surface area contributed by atoms with Gasteiger partial charge in [0.2, 0.25) is 0 Å². The van der Waals surface area contributed by atoms with E-state index in [-0.39, 0.29) is 6.42 Å². The third kappa shape index (κ3) is 3.06. The van der Waals surface area contributed by atoms with Crippen molar-refractivity contribution in [2.45, 2.75) is 11.8 Å². The first-order chi connectivity index (χ1) is 11.1. The van der Waals surface area contributed by atoms with Gasteiger partial charge in [-0.25, -0.2) is 0 Å². The SMILES string of the molecule is C=CCC(C(=O)O)(c1ccc(OC)cc1)c1ccc(OC)cc1. The number of methoxy groups -OCH3 is 2. The third-order valence-corrected chi connectivity index (χ3v) is 3.98. The van der Waals surface area contributed by atoms with Crippen molar-refractivity contribution < 1.29 is 19.4 Å². The van der Waals surface area contributed by atoms with Gasteiger partial charge in [-0.1, -0.05) is 30.3 Å². The molecule has 2 aromatic rings. The summed E-state index contributed by atoms with van der Waals surface area (Å²) in [5.74, 6) is 0.440. The van der Waals surface area contributed by atoms with Gasteiger partial charge in [-0.2, -0.15) is 0 Å². The Morgan fingerprint density at radius 2 is 1.39 bits per heavy atom. The lowest BCUT2D eigenvalue weighted by molar-refractivity contribution is -0.142. The minimum atomic E-state index is -1.19. The Bertz CT molecular complexity index is 624. The molecule has 0 aliphatic rings. The van der Waals surface area contributed by atoms with Gasteiger partial charge in [0.05, 0.1) is 14.2 Å². The molecule has 0 atom stereocenters. The van der Waals surface area contributed by atoms with Crippen LogP contribution < -0.4 is 9.47 Å². The molecule has 0 bridgehead atoms. The fraction of sp³-hybridized carbons (Fsp3) is 0.211. The van der Waals surface area contributed by atoms with Crippen LogP contribution in [0.5, 0.6) is 11.5 Å². The topological polar surface area (TPSA) is 55.8 Å². The van der Waals surface area contributed by atoms with Gasteiger partial charge in [0.15, 0.2) is 0 Å². The molecule has 0 saturated carbocycles. The molecular formula is C19H20O4.